The van der Waals surface area contributed by atoms with E-state index >= 15 is 0 Å². The zero-order valence-corrected chi connectivity index (χ0v) is 21.6. The van der Waals surface area contributed by atoms with E-state index in [2.05, 4.69) is 0 Å². The van der Waals surface area contributed by atoms with Crippen LogP contribution in [-0.4, -0.2) is 134 Å². The van der Waals surface area contributed by atoms with Crippen molar-refractivity contribution < 1.29 is 64.6 Å². The second-order valence-corrected chi connectivity index (χ2v) is 10.8. The summed E-state index contributed by atoms with van der Waals surface area (Å²) in [7, 11) is 0. The highest BCUT2D eigenvalue weighted by atomic mass is 16.7. The second-order valence-electron chi connectivity index (χ2n) is 10.8. The van der Waals surface area contributed by atoms with Gasteiger partial charge in [-0.2, -0.15) is 0 Å². The largest absolute Gasteiger partial charge is 0.394 e. The van der Waals surface area contributed by atoms with Gasteiger partial charge in [0.25, 0.3) is 0 Å². The van der Waals surface area contributed by atoms with E-state index in [-0.39, 0.29) is 24.7 Å². The number of carbonyl (C=O) groups is 1. The molecule has 3 rings (SSSR count). The third-order valence-electron chi connectivity index (χ3n) is 7.25. The number of hydrogen-bond acceptors (Lipinski definition) is 13. The molecule has 1 aliphatic carbocycles. The van der Waals surface area contributed by atoms with E-state index in [0.717, 1.165) is 0 Å². The maximum Gasteiger partial charge on any atom is 0.187 e. The maximum atomic E-state index is 12.4. The normalized spacial score (nSPS) is 42.8. The van der Waals surface area contributed by atoms with Gasteiger partial charge in [0.15, 0.2) is 18.4 Å². The van der Waals surface area contributed by atoms with Crippen molar-refractivity contribution in [3.63, 3.8) is 0 Å². The summed E-state index contributed by atoms with van der Waals surface area (Å²) >= 11 is 0. The molecule has 2 saturated heterocycles. The fraction of sp³-hybridized carbons (Fsp3) is 0.800. The molecular formula is C25H40O13. The average Bonchev–Trinajstić information content (AvgIpc) is 2.86. The molecule has 0 bridgehead atoms. The molecule has 2 fully saturated rings. The number of hydrogen-bond donors (Lipinski definition) is 8. The Balaban J connectivity index is 1.69. The summed E-state index contributed by atoms with van der Waals surface area (Å²) in [6, 6.07) is 0. The standard InChI is InChI=1S/C25H40O13/c1-11(36-24-22(34)20(32)18(30)16(9-27)38-24)4-5-14-12(6-13(28)7-25(14,2)3)10-35-23-21(33)19(31)17(29)15(8-26)37-23/h4-6,11,14-24,26-27,29-34H,7-10H2,1-3H3. The van der Waals surface area contributed by atoms with Crippen LogP contribution in [-0.2, 0) is 23.7 Å². The van der Waals surface area contributed by atoms with Crippen molar-refractivity contribution in [3.05, 3.63) is 23.8 Å². The van der Waals surface area contributed by atoms with Crippen molar-refractivity contribution in [2.45, 2.75) is 94.7 Å². The molecular weight excluding hydrogens is 508 g/mol. The number of ether oxygens (including phenoxy) is 4. The van der Waals surface area contributed by atoms with Crippen LogP contribution in [0.25, 0.3) is 0 Å². The number of rotatable bonds is 9. The smallest absolute Gasteiger partial charge is 0.187 e. The first kappa shape index (κ1) is 31.2. The van der Waals surface area contributed by atoms with Crippen LogP contribution < -0.4 is 0 Å². The van der Waals surface area contributed by atoms with Gasteiger partial charge in [-0.1, -0.05) is 26.0 Å². The van der Waals surface area contributed by atoms with Crippen LogP contribution >= 0.6 is 0 Å². The predicted octanol–water partition coefficient (Wildman–Crippen LogP) is -2.89. The minimum absolute atomic E-state index is 0.127. The number of allylic oxidation sites excluding steroid dienone is 2. The van der Waals surface area contributed by atoms with Gasteiger partial charge in [-0.15, -0.1) is 0 Å². The summed E-state index contributed by atoms with van der Waals surface area (Å²) in [6.45, 7) is 4.11. The van der Waals surface area contributed by atoms with Crippen molar-refractivity contribution in [1.29, 1.82) is 0 Å². The van der Waals surface area contributed by atoms with Crippen LogP contribution in [0.3, 0.4) is 0 Å². The van der Waals surface area contributed by atoms with Gasteiger partial charge in [-0.05, 0) is 24.0 Å². The summed E-state index contributed by atoms with van der Waals surface area (Å²) in [5.74, 6) is -0.469. The first-order chi connectivity index (χ1) is 17.8. The lowest BCUT2D eigenvalue weighted by molar-refractivity contribution is -0.306. The topological polar surface area (TPSA) is 216 Å². The first-order valence-electron chi connectivity index (χ1n) is 12.6. The molecule has 0 aromatic heterocycles. The van der Waals surface area contributed by atoms with E-state index in [4.69, 9.17) is 18.9 Å². The van der Waals surface area contributed by atoms with Crippen LogP contribution in [0.1, 0.15) is 27.2 Å². The van der Waals surface area contributed by atoms with Crippen molar-refractivity contribution in [1.82, 2.24) is 0 Å². The Hall–Kier alpha value is -1.33. The molecule has 8 N–H and O–H groups in total. The van der Waals surface area contributed by atoms with E-state index in [1.807, 2.05) is 13.8 Å². The molecule has 12 unspecified atom stereocenters. The van der Waals surface area contributed by atoms with Gasteiger partial charge in [-0.25, -0.2) is 0 Å². The van der Waals surface area contributed by atoms with Gasteiger partial charge in [0.05, 0.1) is 25.9 Å². The lowest BCUT2D eigenvalue weighted by Crippen LogP contribution is -2.59. The van der Waals surface area contributed by atoms with Crippen LogP contribution in [0, 0.1) is 11.3 Å². The highest BCUT2D eigenvalue weighted by Crippen LogP contribution is 2.41. The molecule has 0 spiro atoms. The second kappa shape index (κ2) is 12.9. The van der Waals surface area contributed by atoms with Crippen molar-refractivity contribution in [2.75, 3.05) is 19.8 Å². The lowest BCUT2D eigenvalue weighted by atomic mass is 9.68. The van der Waals surface area contributed by atoms with Crippen LogP contribution in [0.5, 0.6) is 0 Å². The molecule has 0 amide bonds. The molecule has 218 valence electrons. The van der Waals surface area contributed by atoms with Gasteiger partial charge in [-0.3, -0.25) is 4.79 Å². The Morgan fingerprint density at radius 3 is 2.00 bits per heavy atom. The quantitative estimate of drug-likeness (QED) is 0.136. The Bertz CT molecular complexity index is 856. The summed E-state index contributed by atoms with van der Waals surface area (Å²) in [6.07, 6.45) is -9.73. The van der Waals surface area contributed by atoms with Gasteiger partial charge in [0.1, 0.15) is 48.8 Å². The van der Waals surface area contributed by atoms with E-state index in [9.17, 15) is 45.6 Å². The third-order valence-corrected chi connectivity index (χ3v) is 7.25. The van der Waals surface area contributed by atoms with E-state index < -0.39 is 86.1 Å². The zero-order chi connectivity index (χ0) is 28.4. The number of aliphatic hydroxyl groups is 8. The van der Waals surface area contributed by atoms with Crippen LogP contribution in [0.2, 0.25) is 0 Å². The average molecular weight is 549 g/mol. The van der Waals surface area contributed by atoms with Gasteiger partial charge in [0, 0.05) is 12.3 Å². The lowest BCUT2D eigenvalue weighted by Gasteiger charge is -2.41. The fourth-order valence-corrected chi connectivity index (χ4v) is 5.01. The first-order valence-corrected chi connectivity index (χ1v) is 12.6. The van der Waals surface area contributed by atoms with E-state index in [0.29, 0.717) is 5.57 Å². The molecule has 12 atom stereocenters. The highest BCUT2D eigenvalue weighted by Gasteiger charge is 2.46. The SMILES string of the molecule is CC(C=CC1C(COC2OC(CO)C(O)C(O)C2O)=CC(=O)CC1(C)C)OC1OC(CO)C(O)C(O)C1O. The molecule has 0 aromatic rings. The Morgan fingerprint density at radius 1 is 0.921 bits per heavy atom. The molecule has 13 heteroatoms. The van der Waals surface area contributed by atoms with E-state index in [1.54, 1.807) is 19.1 Å². The highest BCUT2D eigenvalue weighted by molar-refractivity contribution is 5.92. The molecule has 2 aliphatic heterocycles. The van der Waals surface area contributed by atoms with Gasteiger partial charge < -0.3 is 59.8 Å². The Labute approximate surface area is 220 Å². The molecule has 13 nitrogen and oxygen atoms in total. The number of ketones is 1. The number of carbonyl (C=O) groups excluding carboxylic acids is 1. The minimum atomic E-state index is -1.60. The monoisotopic (exact) mass is 548 g/mol. The summed E-state index contributed by atoms with van der Waals surface area (Å²) < 4.78 is 22.1. The number of aliphatic hydroxyl groups excluding tert-OH is 8. The van der Waals surface area contributed by atoms with Crippen molar-refractivity contribution in [3.8, 4) is 0 Å². The van der Waals surface area contributed by atoms with E-state index in [1.165, 1.54) is 6.08 Å². The third kappa shape index (κ3) is 6.86. The van der Waals surface area contributed by atoms with Crippen LogP contribution in [0.4, 0.5) is 0 Å². The molecule has 38 heavy (non-hydrogen) atoms. The van der Waals surface area contributed by atoms with Crippen molar-refractivity contribution in [2.24, 2.45) is 11.3 Å². The molecule has 0 saturated carbocycles. The predicted molar refractivity (Wildman–Crippen MR) is 128 cm³/mol. The fourth-order valence-electron chi connectivity index (χ4n) is 5.01. The van der Waals surface area contributed by atoms with Crippen LogP contribution in [0.15, 0.2) is 23.8 Å². The molecule has 3 aliphatic rings. The van der Waals surface area contributed by atoms with Crippen molar-refractivity contribution >= 4 is 5.78 Å². The summed E-state index contributed by atoms with van der Waals surface area (Å²) in [5.41, 5.74) is 0.0127. The maximum absolute atomic E-state index is 12.4. The Kier molecular flexibility index (Phi) is 10.6. The van der Waals surface area contributed by atoms with Gasteiger partial charge >= 0.3 is 0 Å². The minimum Gasteiger partial charge on any atom is -0.394 e. The Morgan fingerprint density at radius 2 is 1.45 bits per heavy atom. The molecule has 2 heterocycles. The molecule has 0 radical (unpaired) electrons. The summed E-state index contributed by atoms with van der Waals surface area (Å²) in [5, 5.41) is 79.1. The summed E-state index contributed by atoms with van der Waals surface area (Å²) in [4.78, 5) is 12.4. The van der Waals surface area contributed by atoms with Gasteiger partial charge in [0.2, 0.25) is 0 Å². The zero-order valence-electron chi connectivity index (χ0n) is 21.6. The molecule has 0 aromatic carbocycles.